The molecule has 5 nitrogen and oxygen atoms in total. The fourth-order valence-corrected chi connectivity index (χ4v) is 2.47. The van der Waals surface area contributed by atoms with E-state index >= 15 is 0 Å². The van der Waals surface area contributed by atoms with Gasteiger partial charge < -0.3 is 10.6 Å². The van der Waals surface area contributed by atoms with E-state index in [1.54, 1.807) is 24.3 Å². The number of hydrogen-bond donors (Lipinski definition) is 2. The van der Waals surface area contributed by atoms with E-state index in [0.29, 0.717) is 16.9 Å². The van der Waals surface area contributed by atoms with Crippen molar-refractivity contribution >= 4 is 23.0 Å². The minimum absolute atomic E-state index is 0.0578. The van der Waals surface area contributed by atoms with Crippen LogP contribution >= 0.6 is 0 Å². The fourth-order valence-electron chi connectivity index (χ4n) is 2.47. The molecule has 0 saturated heterocycles. The maximum Gasteiger partial charge on any atom is 0.418 e. The van der Waals surface area contributed by atoms with Crippen LogP contribution in [0.5, 0.6) is 0 Å². The first-order chi connectivity index (χ1) is 13.4. The number of nitrogens with zero attached hydrogens (tertiary/aromatic N) is 2. The third-order valence-corrected chi connectivity index (χ3v) is 3.80. The quantitative estimate of drug-likeness (QED) is 0.668. The summed E-state index contributed by atoms with van der Waals surface area (Å²) in [5.41, 5.74) is 0.0888. The van der Waals surface area contributed by atoms with Crippen LogP contribution in [0, 0.1) is 11.3 Å². The number of hydrogen-bond acceptors (Lipinski definition) is 4. The molecule has 1 aromatic heterocycles. The number of aromatic nitrogens is 1. The topological polar surface area (TPSA) is 77.8 Å². The molecule has 3 rings (SSSR count). The highest BCUT2D eigenvalue weighted by atomic mass is 19.4. The molecule has 3 aromatic rings. The van der Waals surface area contributed by atoms with Gasteiger partial charge in [0.2, 0.25) is 0 Å². The Morgan fingerprint density at radius 1 is 0.964 bits per heavy atom. The maximum atomic E-state index is 13.1. The van der Waals surface area contributed by atoms with Crippen molar-refractivity contribution < 1.29 is 18.0 Å². The molecule has 8 heteroatoms. The largest absolute Gasteiger partial charge is 0.418 e. The van der Waals surface area contributed by atoms with Crippen LogP contribution in [0.1, 0.15) is 21.6 Å². The number of nitriles is 1. The average molecular weight is 382 g/mol. The van der Waals surface area contributed by atoms with E-state index in [1.807, 2.05) is 6.07 Å². The van der Waals surface area contributed by atoms with Crippen LogP contribution in [0.2, 0.25) is 0 Å². The standard InChI is InChI=1S/C20H13F3N4O/c21-20(22,23)15-6-2-4-8-17(15)26-14-9-10-18(25-12-14)19(28)27-16-7-3-1-5-13(16)11-24/h1-10,12,26H,(H,27,28). The fraction of sp³-hybridized carbons (Fsp3) is 0.0500. The lowest BCUT2D eigenvalue weighted by molar-refractivity contribution is -0.136. The van der Waals surface area contributed by atoms with Crippen molar-refractivity contribution in [2.45, 2.75) is 6.18 Å². The van der Waals surface area contributed by atoms with Gasteiger partial charge in [-0.15, -0.1) is 0 Å². The summed E-state index contributed by atoms with van der Waals surface area (Å²) in [6.45, 7) is 0. The van der Waals surface area contributed by atoms with Crippen LogP contribution in [0.25, 0.3) is 0 Å². The number of alkyl halides is 3. The Morgan fingerprint density at radius 3 is 2.29 bits per heavy atom. The molecule has 0 bridgehead atoms. The lowest BCUT2D eigenvalue weighted by Gasteiger charge is -2.14. The zero-order chi connectivity index (χ0) is 20.1. The highest BCUT2D eigenvalue weighted by Crippen LogP contribution is 2.35. The van der Waals surface area contributed by atoms with Gasteiger partial charge in [-0.1, -0.05) is 24.3 Å². The molecular weight excluding hydrogens is 369 g/mol. The Bertz CT molecular complexity index is 1040. The molecule has 0 saturated carbocycles. The first-order valence-corrected chi connectivity index (χ1v) is 8.08. The van der Waals surface area contributed by atoms with Gasteiger partial charge in [0.25, 0.3) is 5.91 Å². The molecule has 1 amide bonds. The van der Waals surface area contributed by atoms with E-state index in [0.717, 1.165) is 6.07 Å². The van der Waals surface area contributed by atoms with Gasteiger partial charge in [0.05, 0.1) is 34.4 Å². The SMILES string of the molecule is N#Cc1ccccc1NC(=O)c1ccc(Nc2ccccc2C(F)(F)F)cn1. The Kier molecular flexibility index (Phi) is 5.27. The summed E-state index contributed by atoms with van der Waals surface area (Å²) in [5.74, 6) is -0.537. The minimum Gasteiger partial charge on any atom is -0.354 e. The van der Waals surface area contributed by atoms with Gasteiger partial charge in [-0.3, -0.25) is 4.79 Å². The van der Waals surface area contributed by atoms with Crippen molar-refractivity contribution in [3.05, 3.63) is 83.7 Å². The van der Waals surface area contributed by atoms with Crippen LogP contribution in [0.15, 0.2) is 66.9 Å². The monoisotopic (exact) mass is 382 g/mol. The predicted octanol–water partition coefficient (Wildman–Crippen LogP) is 4.97. The number of carbonyl (C=O) groups is 1. The number of halogens is 3. The summed E-state index contributed by atoms with van der Waals surface area (Å²) < 4.78 is 39.2. The van der Waals surface area contributed by atoms with Crippen molar-refractivity contribution in [2.24, 2.45) is 0 Å². The van der Waals surface area contributed by atoms with Crippen LogP contribution in [0.4, 0.5) is 30.2 Å². The second kappa shape index (κ2) is 7.80. The second-order valence-electron chi connectivity index (χ2n) is 5.71. The molecule has 0 unspecified atom stereocenters. The summed E-state index contributed by atoms with van der Waals surface area (Å²) in [6, 6.07) is 16.4. The molecule has 1 heterocycles. The van der Waals surface area contributed by atoms with Crippen molar-refractivity contribution in [1.29, 1.82) is 5.26 Å². The zero-order valence-electron chi connectivity index (χ0n) is 14.3. The first kappa shape index (κ1) is 18.9. The van der Waals surface area contributed by atoms with Gasteiger partial charge in [0, 0.05) is 0 Å². The van der Waals surface area contributed by atoms with E-state index in [1.165, 1.54) is 36.5 Å². The average Bonchev–Trinajstić information content (AvgIpc) is 2.68. The molecule has 140 valence electrons. The lowest BCUT2D eigenvalue weighted by atomic mass is 10.1. The zero-order valence-corrected chi connectivity index (χ0v) is 14.3. The number of amides is 1. The molecule has 0 radical (unpaired) electrons. The molecule has 0 atom stereocenters. The molecule has 28 heavy (non-hydrogen) atoms. The van der Waals surface area contributed by atoms with Gasteiger partial charge in [-0.25, -0.2) is 4.98 Å². The molecular formula is C20H13F3N4O. The van der Waals surface area contributed by atoms with Gasteiger partial charge in [-0.05, 0) is 36.4 Å². The second-order valence-corrected chi connectivity index (χ2v) is 5.71. The van der Waals surface area contributed by atoms with Crippen molar-refractivity contribution in [3.8, 4) is 6.07 Å². The van der Waals surface area contributed by atoms with E-state index < -0.39 is 17.6 Å². The number of para-hydroxylation sites is 2. The van der Waals surface area contributed by atoms with E-state index in [2.05, 4.69) is 15.6 Å². The minimum atomic E-state index is -4.50. The molecule has 0 aliphatic heterocycles. The van der Waals surface area contributed by atoms with Crippen LogP contribution in [0.3, 0.4) is 0 Å². The van der Waals surface area contributed by atoms with Crippen molar-refractivity contribution in [1.82, 2.24) is 4.98 Å². The number of nitrogens with one attached hydrogen (secondary N) is 2. The summed E-state index contributed by atoms with van der Waals surface area (Å²) >= 11 is 0. The Balaban J connectivity index is 1.76. The highest BCUT2D eigenvalue weighted by Gasteiger charge is 2.33. The molecule has 2 aromatic carbocycles. The summed E-state index contributed by atoms with van der Waals surface area (Å²) in [6.07, 6.45) is -3.23. The number of pyridine rings is 1. The van der Waals surface area contributed by atoms with Gasteiger partial charge in [-0.2, -0.15) is 18.4 Å². The van der Waals surface area contributed by atoms with Crippen molar-refractivity contribution in [3.63, 3.8) is 0 Å². The summed E-state index contributed by atoms with van der Waals surface area (Å²) in [4.78, 5) is 16.3. The Hall–Kier alpha value is -3.86. The molecule has 2 N–H and O–H groups in total. The predicted molar refractivity (Wildman–Crippen MR) is 98.1 cm³/mol. The molecule has 0 aliphatic rings. The number of anilines is 3. The summed E-state index contributed by atoms with van der Waals surface area (Å²) in [7, 11) is 0. The Morgan fingerprint density at radius 2 is 1.64 bits per heavy atom. The maximum absolute atomic E-state index is 13.1. The molecule has 0 spiro atoms. The van der Waals surface area contributed by atoms with Gasteiger partial charge >= 0.3 is 6.18 Å². The lowest BCUT2D eigenvalue weighted by Crippen LogP contribution is -2.14. The smallest absolute Gasteiger partial charge is 0.354 e. The highest BCUT2D eigenvalue weighted by molar-refractivity contribution is 6.03. The van der Waals surface area contributed by atoms with E-state index in [-0.39, 0.29) is 11.4 Å². The third-order valence-electron chi connectivity index (χ3n) is 3.80. The number of carbonyl (C=O) groups excluding carboxylic acids is 1. The third kappa shape index (κ3) is 4.27. The number of benzene rings is 2. The first-order valence-electron chi connectivity index (χ1n) is 8.08. The van der Waals surface area contributed by atoms with Gasteiger partial charge in [0.15, 0.2) is 0 Å². The van der Waals surface area contributed by atoms with Crippen molar-refractivity contribution in [2.75, 3.05) is 10.6 Å². The van der Waals surface area contributed by atoms with Crippen LogP contribution in [-0.4, -0.2) is 10.9 Å². The van der Waals surface area contributed by atoms with Crippen LogP contribution in [-0.2, 0) is 6.18 Å². The van der Waals surface area contributed by atoms with Crippen LogP contribution < -0.4 is 10.6 Å². The van der Waals surface area contributed by atoms with E-state index in [4.69, 9.17) is 5.26 Å². The number of rotatable bonds is 4. The Labute approximate surface area is 158 Å². The normalized spacial score (nSPS) is 10.8. The molecule has 0 aliphatic carbocycles. The van der Waals surface area contributed by atoms with Gasteiger partial charge in [0.1, 0.15) is 11.8 Å². The van der Waals surface area contributed by atoms with E-state index in [9.17, 15) is 18.0 Å². The summed E-state index contributed by atoms with van der Waals surface area (Å²) in [5, 5.41) is 14.3. The molecule has 0 fully saturated rings.